The van der Waals surface area contributed by atoms with Crippen molar-refractivity contribution in [1.82, 2.24) is 4.90 Å². The molecule has 6 nitrogen and oxygen atoms in total. The fourth-order valence-corrected chi connectivity index (χ4v) is 5.27. The number of amides is 1. The third-order valence-corrected chi connectivity index (χ3v) is 8.10. The van der Waals surface area contributed by atoms with E-state index in [0.717, 1.165) is 21.6 Å². The second-order valence-electron chi connectivity index (χ2n) is 10.5. The zero-order valence-electron chi connectivity index (χ0n) is 23.3. The molecule has 0 N–H and O–H groups in total. The van der Waals surface area contributed by atoms with Gasteiger partial charge in [-0.1, -0.05) is 42.5 Å². The van der Waals surface area contributed by atoms with Crippen LogP contribution in [0, 0.1) is 19.8 Å². The standard InChI is InChI=1S/C32H35NO5S/c1-20-16-24(17-21(2)30(20)38-32(4,5)22(3)34)27-18-33(31(36)37-25-10-8-7-9-11-25)19-28(27)29(35)23-12-14-26(39-6)15-13-23/h7-17,27-28H,18-19H2,1-6H3/t27-,28+/m1/s1. The quantitative estimate of drug-likeness (QED) is 0.227. The maximum Gasteiger partial charge on any atom is 0.415 e. The van der Waals surface area contributed by atoms with E-state index in [-0.39, 0.29) is 24.0 Å². The van der Waals surface area contributed by atoms with Crippen molar-refractivity contribution in [2.24, 2.45) is 5.92 Å². The predicted octanol–water partition coefficient (Wildman–Crippen LogP) is 6.87. The first-order chi connectivity index (χ1) is 18.5. The van der Waals surface area contributed by atoms with Crippen molar-refractivity contribution < 1.29 is 23.9 Å². The molecule has 0 radical (unpaired) electrons. The Morgan fingerprint density at radius 3 is 2.10 bits per heavy atom. The fourth-order valence-electron chi connectivity index (χ4n) is 4.87. The number of hydrogen-bond donors (Lipinski definition) is 0. The van der Waals surface area contributed by atoms with Crippen LogP contribution in [-0.2, 0) is 4.79 Å². The third kappa shape index (κ3) is 6.36. The first kappa shape index (κ1) is 28.4. The Morgan fingerprint density at radius 1 is 0.923 bits per heavy atom. The summed E-state index contributed by atoms with van der Waals surface area (Å²) in [6, 6.07) is 20.5. The summed E-state index contributed by atoms with van der Waals surface area (Å²) in [5.41, 5.74) is 2.37. The SMILES string of the molecule is CSc1ccc(C(=O)[C@H]2CN(C(=O)Oc3ccccc3)C[C@@H]2c2cc(C)c(OC(C)(C)C(C)=O)c(C)c2)cc1. The highest BCUT2D eigenvalue weighted by molar-refractivity contribution is 7.98. The van der Waals surface area contributed by atoms with E-state index in [4.69, 9.17) is 9.47 Å². The summed E-state index contributed by atoms with van der Waals surface area (Å²) < 4.78 is 11.7. The Morgan fingerprint density at radius 2 is 1.54 bits per heavy atom. The molecule has 1 fully saturated rings. The van der Waals surface area contributed by atoms with Crippen molar-refractivity contribution in [1.29, 1.82) is 0 Å². The zero-order valence-corrected chi connectivity index (χ0v) is 24.1. The maximum absolute atomic E-state index is 13.8. The van der Waals surface area contributed by atoms with Crippen molar-refractivity contribution in [3.8, 4) is 11.5 Å². The van der Waals surface area contributed by atoms with Crippen LogP contribution < -0.4 is 9.47 Å². The van der Waals surface area contributed by atoms with Crippen LogP contribution in [0.15, 0.2) is 71.6 Å². The van der Waals surface area contributed by atoms with Gasteiger partial charge in [-0.25, -0.2) is 4.79 Å². The number of likely N-dealkylation sites (tertiary alicyclic amines) is 1. The highest BCUT2D eigenvalue weighted by Gasteiger charge is 2.42. The first-order valence-corrected chi connectivity index (χ1v) is 14.2. The van der Waals surface area contributed by atoms with Gasteiger partial charge in [-0.2, -0.15) is 0 Å². The Labute approximate surface area is 234 Å². The average molecular weight is 546 g/mol. The number of aryl methyl sites for hydroxylation is 2. The molecule has 3 aromatic carbocycles. The molecule has 39 heavy (non-hydrogen) atoms. The molecule has 204 valence electrons. The minimum absolute atomic E-state index is 0.00369. The fraction of sp³-hybridized carbons (Fsp3) is 0.344. The first-order valence-electron chi connectivity index (χ1n) is 13.0. The van der Waals surface area contributed by atoms with Crippen LogP contribution in [0.25, 0.3) is 0 Å². The second-order valence-corrected chi connectivity index (χ2v) is 11.4. The molecule has 0 spiro atoms. The minimum Gasteiger partial charge on any atom is -0.480 e. The summed E-state index contributed by atoms with van der Waals surface area (Å²) in [6.07, 6.45) is 1.52. The molecule has 0 unspecified atom stereocenters. The molecule has 2 atom stereocenters. The highest BCUT2D eigenvalue weighted by Crippen LogP contribution is 2.39. The Kier molecular flexibility index (Phi) is 8.50. The number of benzene rings is 3. The lowest BCUT2D eigenvalue weighted by atomic mass is 9.82. The lowest BCUT2D eigenvalue weighted by molar-refractivity contribution is -0.129. The lowest BCUT2D eigenvalue weighted by Gasteiger charge is -2.27. The molecule has 1 saturated heterocycles. The van der Waals surface area contributed by atoms with Gasteiger partial charge < -0.3 is 14.4 Å². The van der Waals surface area contributed by atoms with Crippen LogP contribution in [0.1, 0.15) is 53.7 Å². The number of ketones is 2. The van der Waals surface area contributed by atoms with E-state index >= 15 is 0 Å². The minimum atomic E-state index is -0.955. The van der Waals surface area contributed by atoms with Gasteiger partial charge in [-0.05, 0) is 81.8 Å². The Hall–Kier alpha value is -3.58. The van der Waals surface area contributed by atoms with E-state index in [1.807, 2.05) is 74.7 Å². The number of Topliss-reactive ketones (excluding diaryl/α,β-unsaturated/α-hetero) is 2. The van der Waals surface area contributed by atoms with Crippen molar-refractivity contribution in [2.75, 3.05) is 19.3 Å². The van der Waals surface area contributed by atoms with Crippen LogP contribution in [0.2, 0.25) is 0 Å². The van der Waals surface area contributed by atoms with Gasteiger partial charge in [0, 0.05) is 35.4 Å². The number of ether oxygens (including phenoxy) is 2. The molecule has 0 saturated carbocycles. The number of rotatable bonds is 8. The number of hydrogen-bond acceptors (Lipinski definition) is 6. The largest absolute Gasteiger partial charge is 0.480 e. The van der Waals surface area contributed by atoms with Gasteiger partial charge in [0.15, 0.2) is 17.2 Å². The molecule has 0 aliphatic carbocycles. The summed E-state index contributed by atoms with van der Waals surface area (Å²) >= 11 is 1.62. The van der Waals surface area contributed by atoms with Gasteiger partial charge in [0.05, 0.1) is 0 Å². The molecule has 0 bridgehead atoms. The van der Waals surface area contributed by atoms with Crippen molar-refractivity contribution >= 4 is 29.4 Å². The maximum atomic E-state index is 13.8. The zero-order chi connectivity index (χ0) is 28.3. The average Bonchev–Trinajstić information content (AvgIpc) is 3.36. The number of thioether (sulfide) groups is 1. The summed E-state index contributed by atoms with van der Waals surface area (Å²) in [5, 5.41) is 0. The van der Waals surface area contributed by atoms with Gasteiger partial charge in [-0.15, -0.1) is 11.8 Å². The predicted molar refractivity (Wildman–Crippen MR) is 154 cm³/mol. The number of nitrogens with zero attached hydrogens (tertiary/aromatic N) is 1. The molecule has 3 aromatic rings. The molecule has 1 aliphatic heterocycles. The molecule has 0 aromatic heterocycles. The van der Waals surface area contributed by atoms with Crippen LogP contribution in [0.4, 0.5) is 4.79 Å². The van der Waals surface area contributed by atoms with E-state index in [1.54, 1.807) is 42.6 Å². The smallest absolute Gasteiger partial charge is 0.415 e. The second kappa shape index (κ2) is 11.7. The molecule has 1 heterocycles. The summed E-state index contributed by atoms with van der Waals surface area (Å²) in [4.78, 5) is 41.7. The normalized spacial score (nSPS) is 17.1. The van der Waals surface area contributed by atoms with Crippen LogP contribution in [0.5, 0.6) is 11.5 Å². The van der Waals surface area contributed by atoms with Gasteiger partial charge in [0.25, 0.3) is 0 Å². The molecule has 7 heteroatoms. The van der Waals surface area contributed by atoms with Crippen molar-refractivity contribution in [3.05, 3.63) is 89.0 Å². The third-order valence-electron chi connectivity index (χ3n) is 7.35. The number of para-hydroxylation sites is 1. The monoisotopic (exact) mass is 545 g/mol. The van der Waals surface area contributed by atoms with E-state index in [1.165, 1.54) is 6.92 Å². The Balaban J connectivity index is 1.66. The van der Waals surface area contributed by atoms with Crippen LogP contribution in [-0.4, -0.2) is 47.5 Å². The molecular formula is C32H35NO5S. The van der Waals surface area contributed by atoms with E-state index < -0.39 is 17.6 Å². The van der Waals surface area contributed by atoms with Crippen LogP contribution >= 0.6 is 11.8 Å². The van der Waals surface area contributed by atoms with Crippen molar-refractivity contribution in [2.45, 2.75) is 51.0 Å². The highest BCUT2D eigenvalue weighted by atomic mass is 32.2. The number of carbonyl (C=O) groups is 3. The lowest BCUT2D eigenvalue weighted by Crippen LogP contribution is -2.36. The Bertz CT molecular complexity index is 1340. The molecule has 1 aliphatic rings. The van der Waals surface area contributed by atoms with E-state index in [0.29, 0.717) is 23.6 Å². The van der Waals surface area contributed by atoms with Crippen LogP contribution in [0.3, 0.4) is 0 Å². The van der Waals surface area contributed by atoms with E-state index in [9.17, 15) is 14.4 Å². The summed E-state index contributed by atoms with van der Waals surface area (Å²) in [5.74, 6) is 0.388. The summed E-state index contributed by atoms with van der Waals surface area (Å²) in [7, 11) is 0. The summed E-state index contributed by atoms with van der Waals surface area (Å²) in [6.45, 7) is 9.52. The van der Waals surface area contributed by atoms with Gasteiger partial charge in [0.1, 0.15) is 11.5 Å². The molecular weight excluding hydrogens is 510 g/mol. The molecule has 1 amide bonds. The topological polar surface area (TPSA) is 72.9 Å². The number of carbonyl (C=O) groups excluding carboxylic acids is 3. The van der Waals surface area contributed by atoms with E-state index in [2.05, 4.69) is 0 Å². The van der Waals surface area contributed by atoms with Crippen molar-refractivity contribution in [3.63, 3.8) is 0 Å². The van der Waals surface area contributed by atoms with Gasteiger partial charge in [-0.3, -0.25) is 9.59 Å². The molecule has 4 rings (SSSR count). The van der Waals surface area contributed by atoms with Gasteiger partial charge >= 0.3 is 6.09 Å². The van der Waals surface area contributed by atoms with Gasteiger partial charge in [0.2, 0.25) is 0 Å².